The van der Waals surface area contributed by atoms with Gasteiger partial charge in [-0.15, -0.1) is 13.2 Å². The van der Waals surface area contributed by atoms with E-state index in [0.29, 0.717) is 43.5 Å². The molecule has 0 radical (unpaired) electrons. The summed E-state index contributed by atoms with van der Waals surface area (Å²) in [7, 11) is 0. The lowest BCUT2D eigenvalue weighted by Crippen LogP contribution is -2.56. The van der Waals surface area contributed by atoms with Crippen molar-refractivity contribution in [3.8, 4) is 5.75 Å². The van der Waals surface area contributed by atoms with Crippen molar-refractivity contribution < 1.29 is 37.4 Å². The Kier molecular flexibility index (Phi) is 8.05. The van der Waals surface area contributed by atoms with E-state index in [1.165, 1.54) is 29.2 Å². The van der Waals surface area contributed by atoms with Gasteiger partial charge < -0.3 is 19.6 Å². The highest BCUT2D eigenvalue weighted by Crippen LogP contribution is 2.40. The monoisotopic (exact) mass is 561 g/mol. The van der Waals surface area contributed by atoms with Crippen molar-refractivity contribution in [1.29, 1.82) is 0 Å². The summed E-state index contributed by atoms with van der Waals surface area (Å²) >= 11 is 0. The molecule has 2 aliphatic rings. The Bertz CT molecular complexity index is 1250. The van der Waals surface area contributed by atoms with E-state index in [-0.39, 0.29) is 36.6 Å². The van der Waals surface area contributed by atoms with Crippen LogP contribution in [0.15, 0.2) is 48.5 Å². The van der Waals surface area contributed by atoms with Crippen molar-refractivity contribution in [3.05, 3.63) is 59.7 Å². The van der Waals surface area contributed by atoms with Gasteiger partial charge in [-0.25, -0.2) is 4.79 Å². The normalized spacial score (nSPS) is 17.6. The lowest BCUT2D eigenvalue weighted by Gasteiger charge is -2.43. The highest BCUT2D eigenvalue weighted by atomic mass is 19.4. The van der Waals surface area contributed by atoms with E-state index in [1.54, 1.807) is 17.0 Å². The number of amides is 3. The predicted octanol–water partition coefficient (Wildman–Crippen LogP) is 5.45. The van der Waals surface area contributed by atoms with Crippen LogP contribution in [0.2, 0.25) is 0 Å². The number of carboxylic acid groups (broad SMARTS) is 1. The van der Waals surface area contributed by atoms with Crippen LogP contribution >= 0.6 is 0 Å². The Morgan fingerprint density at radius 2 is 1.65 bits per heavy atom. The highest BCUT2D eigenvalue weighted by Gasteiger charge is 2.57. The average molecular weight is 562 g/mol. The highest BCUT2D eigenvalue weighted by molar-refractivity contribution is 6.07. The average Bonchev–Trinajstić information content (AvgIpc) is 3.03. The number of halogens is 3. The second kappa shape index (κ2) is 11.0. The van der Waals surface area contributed by atoms with Crippen LogP contribution in [0.3, 0.4) is 0 Å². The van der Waals surface area contributed by atoms with Crippen LogP contribution in [0.4, 0.5) is 23.7 Å². The molecule has 0 bridgehead atoms. The first-order valence-electron chi connectivity index (χ1n) is 13.2. The van der Waals surface area contributed by atoms with E-state index in [1.807, 2.05) is 32.9 Å². The van der Waals surface area contributed by atoms with Gasteiger partial charge in [-0.3, -0.25) is 14.5 Å². The van der Waals surface area contributed by atoms with Gasteiger partial charge in [0.1, 0.15) is 11.3 Å². The maximum absolute atomic E-state index is 13.9. The number of piperidine rings is 1. The van der Waals surface area contributed by atoms with Crippen LogP contribution < -0.4 is 9.64 Å². The zero-order chi connectivity index (χ0) is 29.3. The number of urea groups is 1. The second-order valence-corrected chi connectivity index (χ2v) is 11.6. The fourth-order valence-electron chi connectivity index (χ4n) is 5.28. The quantitative estimate of drug-likeness (QED) is 0.431. The molecule has 2 aromatic carbocycles. The summed E-state index contributed by atoms with van der Waals surface area (Å²) in [6, 6.07) is 12.2. The molecule has 0 aliphatic carbocycles. The number of ether oxygens (including phenoxy) is 1. The number of carboxylic acids is 1. The van der Waals surface area contributed by atoms with Crippen LogP contribution in [0.5, 0.6) is 5.75 Å². The van der Waals surface area contributed by atoms with Crippen LogP contribution in [0.1, 0.15) is 51.2 Å². The van der Waals surface area contributed by atoms with E-state index in [4.69, 9.17) is 5.11 Å². The number of anilines is 1. The Hall–Kier alpha value is -3.76. The molecule has 1 spiro atoms. The molecule has 0 aromatic heterocycles. The molecule has 1 N–H and O–H groups in total. The van der Waals surface area contributed by atoms with E-state index < -0.39 is 23.9 Å². The largest absolute Gasteiger partial charge is 0.573 e. The van der Waals surface area contributed by atoms with Crippen molar-refractivity contribution in [2.45, 2.75) is 64.9 Å². The maximum Gasteiger partial charge on any atom is 0.573 e. The van der Waals surface area contributed by atoms with Crippen LogP contribution in [0, 0.1) is 5.41 Å². The summed E-state index contributed by atoms with van der Waals surface area (Å²) in [5.74, 6) is -1.54. The SMILES string of the molecule is CC(C)(C)CCN1C(=O)N(Cc2ccc(OC(F)(F)F)cc2)C2(CCN(c3cccc(CC(=O)O)c3)CC2)C1=O. The molecule has 2 aromatic rings. The van der Waals surface area contributed by atoms with Gasteiger partial charge in [0, 0.05) is 31.9 Å². The maximum atomic E-state index is 13.9. The first-order chi connectivity index (χ1) is 18.7. The van der Waals surface area contributed by atoms with E-state index >= 15 is 0 Å². The minimum absolute atomic E-state index is 0.0665. The first kappa shape index (κ1) is 29.2. The van der Waals surface area contributed by atoms with Gasteiger partial charge in [0.15, 0.2) is 0 Å². The third-order valence-electron chi connectivity index (χ3n) is 7.43. The fraction of sp³-hybridized carbons (Fsp3) is 0.483. The van der Waals surface area contributed by atoms with Gasteiger partial charge in [-0.2, -0.15) is 0 Å². The predicted molar refractivity (Wildman–Crippen MR) is 142 cm³/mol. The standard InChI is InChI=1S/C29H34F3N3O5/c1-27(2,3)11-16-34-25(38)28(12-14-33(15-13-28)22-6-4-5-21(17-22)18-24(36)37)35(26(34)39)19-20-7-9-23(10-8-20)40-29(30,31)32/h4-10,17H,11-16,18-19H2,1-3H3,(H,36,37). The molecule has 0 unspecified atom stereocenters. The zero-order valence-electron chi connectivity index (χ0n) is 22.8. The van der Waals surface area contributed by atoms with Gasteiger partial charge in [-0.05, 0) is 60.1 Å². The molecule has 0 saturated carbocycles. The molecular formula is C29H34F3N3O5. The summed E-state index contributed by atoms with van der Waals surface area (Å²) in [4.78, 5) is 43.6. The molecule has 11 heteroatoms. The Labute approximate surface area is 231 Å². The molecule has 0 atom stereocenters. The van der Waals surface area contributed by atoms with Crippen molar-refractivity contribution in [2.24, 2.45) is 5.41 Å². The van der Waals surface area contributed by atoms with Crippen LogP contribution in [0.25, 0.3) is 0 Å². The topological polar surface area (TPSA) is 90.4 Å². The Morgan fingerprint density at radius 3 is 2.23 bits per heavy atom. The van der Waals surface area contributed by atoms with Crippen molar-refractivity contribution in [3.63, 3.8) is 0 Å². The van der Waals surface area contributed by atoms with Gasteiger partial charge in [0.2, 0.25) is 0 Å². The zero-order valence-corrected chi connectivity index (χ0v) is 22.8. The number of hydrogen-bond donors (Lipinski definition) is 1. The molecule has 216 valence electrons. The first-order valence-corrected chi connectivity index (χ1v) is 13.2. The number of benzene rings is 2. The number of carbonyl (C=O) groups is 3. The number of alkyl halides is 3. The summed E-state index contributed by atoms with van der Waals surface area (Å²) < 4.78 is 41.7. The van der Waals surface area contributed by atoms with E-state index in [2.05, 4.69) is 9.64 Å². The minimum atomic E-state index is -4.81. The number of rotatable bonds is 8. The molecule has 3 amide bonds. The second-order valence-electron chi connectivity index (χ2n) is 11.6. The van der Waals surface area contributed by atoms with E-state index in [9.17, 15) is 27.6 Å². The number of nitrogens with zero attached hydrogens (tertiary/aromatic N) is 3. The smallest absolute Gasteiger partial charge is 0.481 e. The van der Waals surface area contributed by atoms with Gasteiger partial charge >= 0.3 is 18.4 Å². The Balaban J connectivity index is 1.57. The Morgan fingerprint density at radius 1 is 1.00 bits per heavy atom. The fourth-order valence-corrected chi connectivity index (χ4v) is 5.28. The molecule has 2 aliphatic heterocycles. The van der Waals surface area contributed by atoms with Crippen LogP contribution in [-0.4, -0.2) is 64.3 Å². The van der Waals surface area contributed by atoms with Gasteiger partial charge in [0.25, 0.3) is 5.91 Å². The van der Waals surface area contributed by atoms with Gasteiger partial charge in [-0.1, -0.05) is 45.0 Å². The summed E-state index contributed by atoms with van der Waals surface area (Å²) in [6.07, 6.45) is -3.55. The van der Waals surface area contributed by atoms with E-state index in [0.717, 1.165) is 5.69 Å². The summed E-state index contributed by atoms with van der Waals surface area (Å²) in [5.41, 5.74) is 0.925. The third-order valence-corrected chi connectivity index (χ3v) is 7.43. The van der Waals surface area contributed by atoms with Crippen molar-refractivity contribution in [1.82, 2.24) is 9.80 Å². The van der Waals surface area contributed by atoms with Crippen molar-refractivity contribution >= 4 is 23.6 Å². The number of hydrogen-bond acceptors (Lipinski definition) is 5. The number of aliphatic carboxylic acids is 1. The third kappa shape index (κ3) is 6.68. The van der Waals surface area contributed by atoms with Crippen molar-refractivity contribution in [2.75, 3.05) is 24.5 Å². The number of imide groups is 1. The molecule has 40 heavy (non-hydrogen) atoms. The summed E-state index contributed by atoms with van der Waals surface area (Å²) in [6.45, 7) is 7.39. The molecule has 2 heterocycles. The van der Waals surface area contributed by atoms with Crippen LogP contribution in [-0.2, 0) is 22.6 Å². The minimum Gasteiger partial charge on any atom is -0.481 e. The van der Waals surface area contributed by atoms with Gasteiger partial charge in [0.05, 0.1) is 6.42 Å². The molecule has 4 rings (SSSR count). The number of carbonyl (C=O) groups excluding carboxylic acids is 2. The molecule has 2 fully saturated rings. The lowest BCUT2D eigenvalue weighted by molar-refractivity contribution is -0.274. The molecule has 8 nitrogen and oxygen atoms in total. The summed E-state index contributed by atoms with van der Waals surface area (Å²) in [5, 5.41) is 9.15. The molecular weight excluding hydrogens is 527 g/mol. The lowest BCUT2D eigenvalue weighted by atomic mass is 9.85. The molecule has 2 saturated heterocycles.